The van der Waals surface area contributed by atoms with Crippen LogP contribution in [0.1, 0.15) is 18.1 Å². The number of carbonyl (C=O) groups excluding carboxylic acids is 1. The highest BCUT2D eigenvalue weighted by molar-refractivity contribution is 7.14. The third-order valence-corrected chi connectivity index (χ3v) is 4.68. The van der Waals surface area contributed by atoms with Gasteiger partial charge in [-0.3, -0.25) is 20.2 Å². The maximum Gasteiger partial charge on any atom is 0.269 e. The van der Waals surface area contributed by atoms with Crippen LogP contribution in [0.4, 0.5) is 10.8 Å². The average Bonchev–Trinajstić information content (AvgIpc) is 3.15. The molecule has 0 unspecified atom stereocenters. The summed E-state index contributed by atoms with van der Waals surface area (Å²) < 4.78 is 0. The number of anilines is 1. The van der Waals surface area contributed by atoms with Crippen molar-refractivity contribution in [1.29, 1.82) is 0 Å². The Balaban J connectivity index is 1.62. The number of hydrogen-bond donors (Lipinski definition) is 1. The molecule has 1 heterocycles. The molecule has 7 heteroatoms. The lowest BCUT2D eigenvalue weighted by Gasteiger charge is -1.99. The van der Waals surface area contributed by atoms with Gasteiger partial charge in [0, 0.05) is 29.2 Å². The largest absolute Gasteiger partial charge is 0.298 e. The zero-order valence-electron chi connectivity index (χ0n) is 14.6. The molecule has 27 heavy (non-hydrogen) atoms. The summed E-state index contributed by atoms with van der Waals surface area (Å²) in [7, 11) is 0. The SMILES string of the molecule is CCc1ccc(-c2csc(NC(=O)C=Cc3ccc([N+](=O)[O-])cc3)n2)cc1. The molecule has 0 fully saturated rings. The summed E-state index contributed by atoms with van der Waals surface area (Å²) >= 11 is 1.36. The minimum atomic E-state index is -0.462. The predicted molar refractivity (Wildman–Crippen MR) is 108 cm³/mol. The van der Waals surface area contributed by atoms with Crippen molar-refractivity contribution in [2.45, 2.75) is 13.3 Å². The van der Waals surface area contributed by atoms with Gasteiger partial charge in [-0.05, 0) is 35.8 Å². The number of hydrogen-bond acceptors (Lipinski definition) is 5. The molecule has 6 nitrogen and oxygen atoms in total. The van der Waals surface area contributed by atoms with E-state index in [0.717, 1.165) is 17.7 Å². The molecule has 1 amide bonds. The molecule has 0 radical (unpaired) electrons. The third kappa shape index (κ3) is 4.86. The van der Waals surface area contributed by atoms with E-state index in [1.807, 2.05) is 17.5 Å². The van der Waals surface area contributed by atoms with Gasteiger partial charge in [0.25, 0.3) is 5.69 Å². The molecule has 0 atom stereocenters. The van der Waals surface area contributed by atoms with E-state index in [9.17, 15) is 14.9 Å². The van der Waals surface area contributed by atoms with Gasteiger partial charge >= 0.3 is 0 Å². The predicted octanol–water partition coefficient (Wildman–Crippen LogP) is 4.93. The van der Waals surface area contributed by atoms with Gasteiger partial charge in [0.15, 0.2) is 5.13 Å². The summed E-state index contributed by atoms with van der Waals surface area (Å²) in [6.45, 7) is 2.11. The van der Waals surface area contributed by atoms with Crippen LogP contribution in [-0.2, 0) is 11.2 Å². The number of nitrogens with one attached hydrogen (secondary N) is 1. The summed E-state index contributed by atoms with van der Waals surface area (Å²) in [5.74, 6) is -0.310. The number of carbonyl (C=O) groups is 1. The van der Waals surface area contributed by atoms with Crippen molar-refractivity contribution in [1.82, 2.24) is 4.98 Å². The summed E-state index contributed by atoms with van der Waals surface area (Å²) in [6.07, 6.45) is 3.95. The second kappa shape index (κ2) is 8.37. The van der Waals surface area contributed by atoms with Gasteiger partial charge in [-0.15, -0.1) is 11.3 Å². The molecule has 0 saturated carbocycles. The first kappa shape index (κ1) is 18.5. The van der Waals surface area contributed by atoms with Crippen molar-refractivity contribution in [2.24, 2.45) is 0 Å². The second-order valence-electron chi connectivity index (χ2n) is 5.76. The number of aryl methyl sites for hydroxylation is 1. The van der Waals surface area contributed by atoms with Crippen molar-refractivity contribution >= 4 is 34.1 Å². The molecule has 3 aromatic rings. The number of rotatable bonds is 6. The first-order valence-corrected chi connectivity index (χ1v) is 9.21. The van der Waals surface area contributed by atoms with Gasteiger partial charge in [0.2, 0.25) is 5.91 Å². The molecule has 0 aliphatic carbocycles. The number of non-ortho nitro benzene ring substituents is 1. The van der Waals surface area contributed by atoms with E-state index in [0.29, 0.717) is 10.7 Å². The Morgan fingerprint density at radius 2 is 1.89 bits per heavy atom. The van der Waals surface area contributed by atoms with Gasteiger partial charge in [-0.25, -0.2) is 4.98 Å². The van der Waals surface area contributed by atoms with E-state index < -0.39 is 4.92 Å². The number of thiazole rings is 1. The van der Waals surface area contributed by atoms with Crippen molar-refractivity contribution in [3.05, 3.63) is 81.2 Å². The molecule has 0 bridgehead atoms. The fraction of sp³-hybridized carbons (Fsp3) is 0.100. The Hall–Kier alpha value is -3.32. The lowest BCUT2D eigenvalue weighted by Crippen LogP contribution is -2.07. The van der Waals surface area contributed by atoms with Crippen LogP contribution in [0.25, 0.3) is 17.3 Å². The van der Waals surface area contributed by atoms with Gasteiger partial charge in [0.05, 0.1) is 10.6 Å². The zero-order chi connectivity index (χ0) is 19.2. The quantitative estimate of drug-likeness (QED) is 0.374. The van der Waals surface area contributed by atoms with Crippen LogP contribution in [-0.4, -0.2) is 15.8 Å². The number of nitro benzene ring substituents is 1. The zero-order valence-corrected chi connectivity index (χ0v) is 15.4. The lowest BCUT2D eigenvalue weighted by molar-refractivity contribution is -0.384. The van der Waals surface area contributed by atoms with Gasteiger partial charge < -0.3 is 0 Å². The molecular formula is C20H17N3O3S. The smallest absolute Gasteiger partial charge is 0.269 e. The fourth-order valence-electron chi connectivity index (χ4n) is 2.40. The molecule has 0 aliphatic rings. The number of benzene rings is 2. The van der Waals surface area contributed by atoms with Crippen LogP contribution in [0.3, 0.4) is 0 Å². The van der Waals surface area contributed by atoms with Gasteiger partial charge in [-0.2, -0.15) is 0 Å². The number of nitro groups is 1. The molecule has 2 aromatic carbocycles. The standard InChI is InChI=1S/C20H17N3O3S/c1-2-14-3-8-16(9-4-14)18-13-27-20(21-18)22-19(24)12-7-15-5-10-17(11-6-15)23(25)26/h3-13H,2H2,1H3,(H,21,22,24). The Morgan fingerprint density at radius 3 is 2.52 bits per heavy atom. The highest BCUT2D eigenvalue weighted by Gasteiger charge is 2.07. The number of amides is 1. The van der Waals surface area contributed by atoms with Crippen molar-refractivity contribution < 1.29 is 9.72 Å². The van der Waals surface area contributed by atoms with E-state index in [1.54, 1.807) is 18.2 Å². The summed E-state index contributed by atoms with van der Waals surface area (Å²) in [5, 5.41) is 15.8. The highest BCUT2D eigenvalue weighted by atomic mass is 32.1. The molecule has 0 spiro atoms. The topological polar surface area (TPSA) is 85.1 Å². The lowest BCUT2D eigenvalue weighted by atomic mass is 10.1. The number of nitrogens with zero attached hydrogens (tertiary/aromatic N) is 2. The molecule has 3 rings (SSSR count). The molecule has 0 aliphatic heterocycles. The minimum absolute atomic E-state index is 0.0129. The Labute approximate surface area is 160 Å². The Morgan fingerprint density at radius 1 is 1.19 bits per heavy atom. The third-order valence-electron chi connectivity index (χ3n) is 3.92. The second-order valence-corrected chi connectivity index (χ2v) is 6.62. The summed E-state index contributed by atoms with van der Waals surface area (Å²) in [4.78, 5) is 26.7. The maximum atomic E-state index is 12.1. The summed E-state index contributed by atoms with van der Waals surface area (Å²) in [6, 6.07) is 14.2. The Kier molecular flexibility index (Phi) is 5.73. The molecule has 0 saturated heterocycles. The monoisotopic (exact) mass is 379 g/mol. The van der Waals surface area contributed by atoms with Crippen LogP contribution < -0.4 is 5.32 Å². The normalized spacial score (nSPS) is 10.9. The highest BCUT2D eigenvalue weighted by Crippen LogP contribution is 2.25. The average molecular weight is 379 g/mol. The van der Waals surface area contributed by atoms with E-state index >= 15 is 0 Å². The van der Waals surface area contributed by atoms with Crippen LogP contribution in [0.5, 0.6) is 0 Å². The minimum Gasteiger partial charge on any atom is -0.298 e. The maximum absolute atomic E-state index is 12.1. The van der Waals surface area contributed by atoms with Crippen LogP contribution >= 0.6 is 11.3 Å². The van der Waals surface area contributed by atoms with E-state index in [1.165, 1.54) is 35.1 Å². The van der Waals surface area contributed by atoms with Crippen LogP contribution in [0.2, 0.25) is 0 Å². The van der Waals surface area contributed by atoms with Gasteiger partial charge in [-0.1, -0.05) is 31.2 Å². The fourth-order valence-corrected chi connectivity index (χ4v) is 3.12. The molecular weight excluding hydrogens is 362 g/mol. The van der Waals surface area contributed by atoms with Gasteiger partial charge in [0.1, 0.15) is 0 Å². The Bertz CT molecular complexity index is 976. The van der Waals surface area contributed by atoms with E-state index in [4.69, 9.17) is 0 Å². The van der Waals surface area contributed by atoms with Crippen molar-refractivity contribution in [2.75, 3.05) is 5.32 Å². The number of aromatic nitrogens is 1. The van der Waals surface area contributed by atoms with Crippen molar-refractivity contribution in [3.63, 3.8) is 0 Å². The van der Waals surface area contributed by atoms with E-state index in [2.05, 4.69) is 29.4 Å². The van der Waals surface area contributed by atoms with Crippen LogP contribution in [0, 0.1) is 10.1 Å². The molecule has 1 aromatic heterocycles. The van der Waals surface area contributed by atoms with Crippen LogP contribution in [0.15, 0.2) is 60.0 Å². The van der Waals surface area contributed by atoms with E-state index in [-0.39, 0.29) is 11.6 Å². The molecule has 1 N–H and O–H groups in total. The summed E-state index contributed by atoms with van der Waals surface area (Å²) in [5.41, 5.74) is 3.80. The first-order chi connectivity index (χ1) is 13.0. The first-order valence-electron chi connectivity index (χ1n) is 8.33. The molecule has 136 valence electrons. The van der Waals surface area contributed by atoms with Crippen molar-refractivity contribution in [3.8, 4) is 11.3 Å².